The number of halogens is 1. The van der Waals surface area contributed by atoms with Crippen LogP contribution in [0.2, 0.25) is 5.02 Å². The van der Waals surface area contributed by atoms with E-state index in [1.165, 1.54) is 11.8 Å². The molecule has 1 atom stereocenters. The number of nitrogens with one attached hydrogen (secondary N) is 2. The molecule has 1 aliphatic heterocycles. The molecule has 10 heteroatoms. The summed E-state index contributed by atoms with van der Waals surface area (Å²) in [5.74, 6) is 0.0665. The van der Waals surface area contributed by atoms with E-state index in [0.717, 1.165) is 16.9 Å². The second kappa shape index (κ2) is 9.02. The second-order valence-electron chi connectivity index (χ2n) is 7.51. The molecule has 1 amide bonds. The van der Waals surface area contributed by atoms with Crippen molar-refractivity contribution in [2.24, 2.45) is 0 Å². The third-order valence-corrected chi connectivity index (χ3v) is 6.95. The molecule has 1 aliphatic rings. The minimum absolute atomic E-state index is 0.0665. The van der Waals surface area contributed by atoms with Crippen molar-refractivity contribution >= 4 is 40.3 Å². The number of benzene rings is 1. The number of aromatic amines is 1. The first-order valence-corrected chi connectivity index (χ1v) is 11.5. The van der Waals surface area contributed by atoms with E-state index >= 15 is 0 Å². The quantitative estimate of drug-likeness (QED) is 0.449. The predicted molar refractivity (Wildman–Crippen MR) is 121 cm³/mol. The number of fused-ring (bicyclic) bond motifs is 1. The van der Waals surface area contributed by atoms with E-state index < -0.39 is 0 Å². The first-order chi connectivity index (χ1) is 14.9. The van der Waals surface area contributed by atoms with Crippen molar-refractivity contribution in [3.05, 3.63) is 40.0 Å². The number of H-pyrrole nitrogens is 1. The molecule has 1 aromatic carbocycles. The van der Waals surface area contributed by atoms with Gasteiger partial charge in [0.1, 0.15) is 5.49 Å². The van der Waals surface area contributed by atoms with Gasteiger partial charge >= 0.3 is 0 Å². The molecule has 0 spiro atoms. The summed E-state index contributed by atoms with van der Waals surface area (Å²) in [4.78, 5) is 19.8. The lowest BCUT2D eigenvalue weighted by atomic mass is 10.2. The Balaban J connectivity index is 1.83. The van der Waals surface area contributed by atoms with Crippen LogP contribution in [-0.4, -0.2) is 62.1 Å². The van der Waals surface area contributed by atoms with Gasteiger partial charge in [-0.05, 0) is 38.0 Å². The van der Waals surface area contributed by atoms with Gasteiger partial charge in [-0.3, -0.25) is 19.9 Å². The molecule has 0 saturated carbocycles. The van der Waals surface area contributed by atoms with Gasteiger partial charge in [0.25, 0.3) is 0 Å². The van der Waals surface area contributed by atoms with E-state index in [1.807, 2.05) is 43.9 Å². The van der Waals surface area contributed by atoms with Crippen molar-refractivity contribution in [3.8, 4) is 5.69 Å². The summed E-state index contributed by atoms with van der Waals surface area (Å²) in [5.41, 5.74) is 3.23. The average Bonchev–Trinajstić information content (AvgIpc) is 3.15. The summed E-state index contributed by atoms with van der Waals surface area (Å²) in [5, 5.41) is 17.6. The number of aryl methyl sites for hydroxylation is 2. The SMILES string of the molecule is CC[C@@H](Sc1nc2n[nH]c(C)c2c(=N)n1-c1cc(Cl)ccc1C)C(=O)N1CCOCC1. The van der Waals surface area contributed by atoms with Crippen LogP contribution in [-0.2, 0) is 9.53 Å². The molecule has 4 rings (SSSR count). The number of aromatic nitrogens is 4. The average molecular weight is 461 g/mol. The predicted octanol–water partition coefficient (Wildman–Crippen LogP) is 3.23. The molecule has 0 bridgehead atoms. The van der Waals surface area contributed by atoms with Crippen molar-refractivity contribution in [1.82, 2.24) is 24.6 Å². The molecular formula is C21H25ClN6O2S. The lowest BCUT2D eigenvalue weighted by molar-refractivity contribution is -0.134. The minimum atomic E-state index is -0.326. The maximum absolute atomic E-state index is 13.2. The van der Waals surface area contributed by atoms with E-state index in [-0.39, 0.29) is 16.6 Å². The van der Waals surface area contributed by atoms with Crippen LogP contribution < -0.4 is 5.49 Å². The highest BCUT2D eigenvalue weighted by molar-refractivity contribution is 8.00. The Morgan fingerprint density at radius 2 is 2.10 bits per heavy atom. The van der Waals surface area contributed by atoms with E-state index in [4.69, 9.17) is 26.7 Å². The fourth-order valence-corrected chi connectivity index (χ4v) is 4.95. The third kappa shape index (κ3) is 4.22. The molecular weight excluding hydrogens is 436 g/mol. The van der Waals surface area contributed by atoms with Crippen LogP contribution >= 0.6 is 23.4 Å². The van der Waals surface area contributed by atoms with Gasteiger partial charge in [0, 0.05) is 23.8 Å². The lowest BCUT2D eigenvalue weighted by Crippen LogP contribution is -2.44. The zero-order valence-corrected chi connectivity index (χ0v) is 19.3. The second-order valence-corrected chi connectivity index (χ2v) is 9.12. The van der Waals surface area contributed by atoms with Crippen LogP contribution in [0, 0.1) is 19.3 Å². The molecule has 3 aromatic rings. The molecule has 0 unspecified atom stereocenters. The van der Waals surface area contributed by atoms with E-state index in [2.05, 4.69) is 10.2 Å². The van der Waals surface area contributed by atoms with Crippen LogP contribution in [0.5, 0.6) is 0 Å². The lowest BCUT2D eigenvalue weighted by Gasteiger charge is -2.30. The number of hydrogen-bond acceptors (Lipinski definition) is 6. The number of nitrogens with zero attached hydrogens (tertiary/aromatic N) is 4. The van der Waals surface area contributed by atoms with Crippen LogP contribution in [0.3, 0.4) is 0 Å². The van der Waals surface area contributed by atoms with Gasteiger partial charge in [0.05, 0.1) is 29.5 Å². The van der Waals surface area contributed by atoms with Crippen LogP contribution in [0.4, 0.5) is 0 Å². The number of ether oxygens (including phenoxy) is 1. The first-order valence-electron chi connectivity index (χ1n) is 10.2. The smallest absolute Gasteiger partial charge is 0.236 e. The number of thioether (sulfide) groups is 1. The maximum atomic E-state index is 13.2. The fourth-order valence-electron chi connectivity index (χ4n) is 3.68. The fraction of sp³-hybridized carbons (Fsp3) is 0.429. The molecule has 164 valence electrons. The summed E-state index contributed by atoms with van der Waals surface area (Å²) >= 11 is 7.66. The minimum Gasteiger partial charge on any atom is -0.378 e. The van der Waals surface area contributed by atoms with Crippen LogP contribution in [0.15, 0.2) is 23.4 Å². The molecule has 31 heavy (non-hydrogen) atoms. The van der Waals surface area contributed by atoms with Gasteiger partial charge in [-0.2, -0.15) is 5.10 Å². The van der Waals surface area contributed by atoms with Crippen molar-refractivity contribution in [3.63, 3.8) is 0 Å². The summed E-state index contributed by atoms with van der Waals surface area (Å²) in [6, 6.07) is 5.57. The summed E-state index contributed by atoms with van der Waals surface area (Å²) in [6.07, 6.45) is 0.641. The number of carbonyl (C=O) groups excluding carboxylic acids is 1. The monoisotopic (exact) mass is 460 g/mol. The highest BCUT2D eigenvalue weighted by atomic mass is 35.5. The molecule has 0 radical (unpaired) electrons. The van der Waals surface area contributed by atoms with Gasteiger partial charge < -0.3 is 9.64 Å². The Hall–Kier alpha value is -2.36. The van der Waals surface area contributed by atoms with Gasteiger partial charge in [-0.1, -0.05) is 36.4 Å². The Morgan fingerprint density at radius 1 is 1.35 bits per heavy atom. The number of rotatable bonds is 5. The van der Waals surface area contributed by atoms with E-state index in [1.54, 1.807) is 4.57 Å². The zero-order valence-electron chi connectivity index (χ0n) is 17.7. The van der Waals surface area contributed by atoms with Gasteiger partial charge in [0.15, 0.2) is 10.8 Å². The first kappa shape index (κ1) is 21.9. The largest absolute Gasteiger partial charge is 0.378 e. The molecule has 1 saturated heterocycles. The standard InChI is InChI=1S/C21H25ClN6O2S/c1-4-16(20(29)27-7-9-30-10-8-27)31-21-24-19-17(13(3)25-26-19)18(23)28(21)15-11-14(22)6-5-12(15)2/h5-6,11,16,23H,4,7-10H2,1-3H3,(H,25,26)/t16-/m1/s1. The summed E-state index contributed by atoms with van der Waals surface area (Å²) < 4.78 is 7.15. The van der Waals surface area contributed by atoms with Crippen LogP contribution in [0.25, 0.3) is 16.7 Å². The molecule has 0 aliphatic carbocycles. The van der Waals surface area contributed by atoms with Crippen LogP contribution in [0.1, 0.15) is 24.6 Å². The summed E-state index contributed by atoms with van der Waals surface area (Å²) in [7, 11) is 0. The molecule has 8 nitrogen and oxygen atoms in total. The van der Waals surface area contributed by atoms with E-state index in [0.29, 0.717) is 53.9 Å². The van der Waals surface area contributed by atoms with Crippen molar-refractivity contribution in [2.45, 2.75) is 37.6 Å². The maximum Gasteiger partial charge on any atom is 0.236 e. The number of amides is 1. The number of morpholine rings is 1. The van der Waals surface area contributed by atoms with Crippen molar-refractivity contribution in [2.75, 3.05) is 26.3 Å². The summed E-state index contributed by atoms with van der Waals surface area (Å²) in [6.45, 7) is 8.13. The van der Waals surface area contributed by atoms with Gasteiger partial charge in [-0.25, -0.2) is 4.98 Å². The Bertz CT molecular complexity index is 1180. The highest BCUT2D eigenvalue weighted by Gasteiger charge is 2.28. The topological polar surface area (TPSA) is 99.9 Å². The molecule has 1 fully saturated rings. The molecule has 2 aromatic heterocycles. The van der Waals surface area contributed by atoms with Crippen molar-refractivity contribution in [1.29, 1.82) is 5.41 Å². The Morgan fingerprint density at radius 3 is 2.81 bits per heavy atom. The molecule has 2 N–H and O–H groups in total. The van der Waals surface area contributed by atoms with Gasteiger partial charge in [0.2, 0.25) is 5.91 Å². The molecule has 3 heterocycles. The zero-order chi connectivity index (χ0) is 22.1. The van der Waals surface area contributed by atoms with Crippen molar-refractivity contribution < 1.29 is 9.53 Å². The number of carbonyl (C=O) groups is 1. The normalized spacial score (nSPS) is 15.4. The number of hydrogen-bond donors (Lipinski definition) is 2. The Labute approximate surface area is 189 Å². The third-order valence-electron chi connectivity index (χ3n) is 5.41. The van der Waals surface area contributed by atoms with E-state index in [9.17, 15) is 4.79 Å². The van der Waals surface area contributed by atoms with Gasteiger partial charge in [-0.15, -0.1) is 0 Å². The Kier molecular flexibility index (Phi) is 6.36. The highest BCUT2D eigenvalue weighted by Crippen LogP contribution is 2.30.